The van der Waals surface area contributed by atoms with Crippen LogP contribution in [-0.2, 0) is 5.41 Å². The largest absolute Gasteiger partial charge is 0.437 e. The third-order valence-electron chi connectivity index (χ3n) is 3.60. The van der Waals surface area contributed by atoms with Gasteiger partial charge in [0.15, 0.2) is 0 Å². The molecule has 98 valence electrons. The Morgan fingerprint density at radius 2 is 1.63 bits per heavy atom. The van der Waals surface area contributed by atoms with Gasteiger partial charge in [0.1, 0.15) is 5.58 Å². The van der Waals surface area contributed by atoms with Crippen molar-refractivity contribution in [3.63, 3.8) is 0 Å². The van der Waals surface area contributed by atoms with E-state index < -0.39 is 0 Å². The summed E-state index contributed by atoms with van der Waals surface area (Å²) in [6.45, 7) is 10.8. The maximum Gasteiger partial charge on any atom is 0.227 e. The van der Waals surface area contributed by atoms with Crippen LogP contribution in [0.5, 0.6) is 0 Å². The number of pyridine rings is 1. The predicted molar refractivity (Wildman–Crippen MR) is 79.7 cm³/mol. The number of hydrogen-bond acceptors (Lipinski definition) is 2. The van der Waals surface area contributed by atoms with Crippen molar-refractivity contribution in [3.8, 4) is 0 Å². The third-order valence-corrected chi connectivity index (χ3v) is 3.60. The molecule has 0 radical (unpaired) electrons. The molecule has 0 N–H and O–H groups in total. The molecule has 0 saturated heterocycles. The molecule has 0 bridgehead atoms. The minimum atomic E-state index is 0.0620. The van der Waals surface area contributed by atoms with Crippen molar-refractivity contribution in [2.45, 2.75) is 40.0 Å². The van der Waals surface area contributed by atoms with E-state index in [1.54, 1.807) is 0 Å². The quantitative estimate of drug-likeness (QED) is 0.569. The van der Waals surface area contributed by atoms with Gasteiger partial charge < -0.3 is 4.42 Å². The van der Waals surface area contributed by atoms with Gasteiger partial charge in [0.25, 0.3) is 0 Å². The van der Waals surface area contributed by atoms with E-state index in [9.17, 15) is 0 Å². The topological polar surface area (TPSA) is 26.0 Å². The van der Waals surface area contributed by atoms with Gasteiger partial charge in [-0.05, 0) is 37.0 Å². The van der Waals surface area contributed by atoms with E-state index >= 15 is 0 Å². The maximum atomic E-state index is 6.06. The van der Waals surface area contributed by atoms with Crippen molar-refractivity contribution in [1.82, 2.24) is 4.98 Å². The summed E-state index contributed by atoms with van der Waals surface area (Å²) in [6, 6.07) is 8.46. The molecule has 2 heterocycles. The Kier molecular flexibility index (Phi) is 2.46. The van der Waals surface area contributed by atoms with E-state index in [2.05, 4.69) is 50.9 Å². The van der Waals surface area contributed by atoms with Gasteiger partial charge in [-0.2, -0.15) is 0 Å². The van der Waals surface area contributed by atoms with Gasteiger partial charge in [-0.25, -0.2) is 4.98 Å². The van der Waals surface area contributed by atoms with Gasteiger partial charge >= 0.3 is 0 Å². The van der Waals surface area contributed by atoms with Crippen molar-refractivity contribution in [2.75, 3.05) is 0 Å². The van der Waals surface area contributed by atoms with Gasteiger partial charge in [0.05, 0.1) is 0 Å². The second-order valence-corrected chi connectivity index (χ2v) is 6.29. The minimum absolute atomic E-state index is 0.0620. The fourth-order valence-electron chi connectivity index (χ4n) is 2.84. The maximum absolute atomic E-state index is 6.06. The minimum Gasteiger partial charge on any atom is -0.437 e. The summed E-state index contributed by atoms with van der Waals surface area (Å²) in [6.07, 6.45) is 0. The van der Waals surface area contributed by atoms with Gasteiger partial charge in [-0.1, -0.05) is 32.9 Å². The van der Waals surface area contributed by atoms with E-state index in [1.807, 2.05) is 13.0 Å². The summed E-state index contributed by atoms with van der Waals surface area (Å²) >= 11 is 0. The first-order chi connectivity index (χ1) is 8.88. The first-order valence-corrected chi connectivity index (χ1v) is 6.68. The highest BCUT2D eigenvalue weighted by Crippen LogP contribution is 2.37. The molecule has 0 atom stereocenters. The van der Waals surface area contributed by atoms with E-state index in [1.165, 1.54) is 11.1 Å². The smallest absolute Gasteiger partial charge is 0.227 e. The summed E-state index contributed by atoms with van der Waals surface area (Å²) in [5, 5.41) is 2.27. The van der Waals surface area contributed by atoms with Crippen molar-refractivity contribution >= 4 is 22.1 Å². The lowest BCUT2D eigenvalue weighted by Crippen LogP contribution is -2.13. The highest BCUT2D eigenvalue weighted by Gasteiger charge is 2.23. The number of hydrogen-bond donors (Lipinski definition) is 0. The summed E-state index contributed by atoms with van der Waals surface area (Å²) in [5.41, 5.74) is 5.33. The van der Waals surface area contributed by atoms with E-state index in [4.69, 9.17) is 4.42 Å². The van der Waals surface area contributed by atoms with Crippen LogP contribution in [0.15, 0.2) is 28.7 Å². The van der Waals surface area contributed by atoms with Crippen LogP contribution in [0.1, 0.15) is 37.6 Å². The van der Waals surface area contributed by atoms with Crippen LogP contribution in [0.25, 0.3) is 22.1 Å². The standard InChI is InChI=1S/C17H19NO/c1-10-6-8-12-13-9-7-11(2)18-16(13)19-15(12)14(10)17(3,4)5/h6-9H,1-5H3. The molecular formula is C17H19NO. The van der Waals surface area contributed by atoms with E-state index in [0.29, 0.717) is 0 Å². The number of rotatable bonds is 0. The zero-order valence-electron chi connectivity index (χ0n) is 12.2. The Morgan fingerprint density at radius 1 is 0.947 bits per heavy atom. The van der Waals surface area contributed by atoms with Gasteiger partial charge in [0, 0.05) is 22.0 Å². The van der Waals surface area contributed by atoms with Crippen LogP contribution in [0.3, 0.4) is 0 Å². The SMILES string of the molecule is Cc1ccc2c(n1)oc1c(C(C)(C)C)c(C)ccc12. The van der Waals surface area contributed by atoms with Crippen LogP contribution in [0.2, 0.25) is 0 Å². The highest BCUT2D eigenvalue weighted by molar-refractivity contribution is 6.05. The monoisotopic (exact) mass is 253 g/mol. The van der Waals surface area contributed by atoms with E-state index in [0.717, 1.165) is 27.8 Å². The van der Waals surface area contributed by atoms with Crippen molar-refractivity contribution < 1.29 is 4.42 Å². The number of aryl methyl sites for hydroxylation is 2. The fourth-order valence-corrected chi connectivity index (χ4v) is 2.84. The van der Waals surface area contributed by atoms with Crippen LogP contribution in [0, 0.1) is 13.8 Å². The molecule has 0 aliphatic carbocycles. The molecule has 3 aromatic rings. The second-order valence-electron chi connectivity index (χ2n) is 6.29. The lowest BCUT2D eigenvalue weighted by Gasteiger charge is -2.21. The van der Waals surface area contributed by atoms with Gasteiger partial charge in [0.2, 0.25) is 5.71 Å². The Bertz CT molecular complexity index is 775. The van der Waals surface area contributed by atoms with Crippen molar-refractivity contribution in [3.05, 3.63) is 41.1 Å². The molecule has 1 aromatic carbocycles. The number of benzene rings is 1. The molecule has 2 aromatic heterocycles. The zero-order chi connectivity index (χ0) is 13.8. The Balaban J connectivity index is 2.50. The van der Waals surface area contributed by atoms with Crippen LogP contribution < -0.4 is 0 Å². The summed E-state index contributed by atoms with van der Waals surface area (Å²) in [7, 11) is 0. The third kappa shape index (κ3) is 1.83. The molecule has 2 nitrogen and oxygen atoms in total. The fraction of sp³-hybridized carbons (Fsp3) is 0.353. The lowest BCUT2D eigenvalue weighted by atomic mass is 9.83. The molecular weight excluding hydrogens is 234 g/mol. The molecule has 0 unspecified atom stereocenters. The van der Waals surface area contributed by atoms with E-state index in [-0.39, 0.29) is 5.41 Å². The average Bonchev–Trinajstić information content (AvgIpc) is 2.63. The zero-order valence-corrected chi connectivity index (χ0v) is 12.2. The molecule has 0 aliphatic heterocycles. The van der Waals surface area contributed by atoms with Crippen LogP contribution in [0.4, 0.5) is 0 Å². The van der Waals surface area contributed by atoms with Crippen molar-refractivity contribution in [2.24, 2.45) is 0 Å². The molecule has 3 rings (SSSR count). The van der Waals surface area contributed by atoms with Crippen molar-refractivity contribution in [1.29, 1.82) is 0 Å². The van der Waals surface area contributed by atoms with Gasteiger partial charge in [-0.15, -0.1) is 0 Å². The molecule has 0 amide bonds. The molecule has 19 heavy (non-hydrogen) atoms. The molecule has 0 fully saturated rings. The number of aromatic nitrogens is 1. The molecule has 0 spiro atoms. The molecule has 2 heteroatoms. The average molecular weight is 253 g/mol. The lowest BCUT2D eigenvalue weighted by molar-refractivity contribution is 0.566. The Morgan fingerprint density at radius 3 is 2.32 bits per heavy atom. The van der Waals surface area contributed by atoms with Crippen LogP contribution >= 0.6 is 0 Å². The van der Waals surface area contributed by atoms with Crippen LogP contribution in [-0.4, -0.2) is 4.98 Å². The Labute approximate surface area is 113 Å². The number of nitrogens with zero attached hydrogens (tertiary/aromatic N) is 1. The normalized spacial score (nSPS) is 12.5. The van der Waals surface area contributed by atoms with Gasteiger partial charge in [-0.3, -0.25) is 0 Å². The summed E-state index contributed by atoms with van der Waals surface area (Å²) in [5.74, 6) is 0. The summed E-state index contributed by atoms with van der Waals surface area (Å²) < 4.78 is 6.06. The number of fused-ring (bicyclic) bond motifs is 3. The highest BCUT2D eigenvalue weighted by atomic mass is 16.3. The predicted octanol–water partition coefficient (Wildman–Crippen LogP) is 4.90. The first kappa shape index (κ1) is 12.2. The number of furan rings is 1. The second kappa shape index (κ2) is 3.83. The first-order valence-electron chi connectivity index (χ1n) is 6.68. The Hall–Kier alpha value is -1.83. The summed E-state index contributed by atoms with van der Waals surface area (Å²) in [4.78, 5) is 4.50. The molecule has 0 saturated carbocycles. The molecule has 0 aliphatic rings.